The second-order valence-electron chi connectivity index (χ2n) is 4.32. The smallest absolute Gasteiger partial charge is 0.130 e. The molecular formula is C12H16N4. The molecule has 4 heteroatoms. The van der Waals surface area contributed by atoms with Crippen molar-refractivity contribution in [1.29, 1.82) is 5.26 Å². The van der Waals surface area contributed by atoms with Gasteiger partial charge in [0, 0.05) is 24.8 Å². The summed E-state index contributed by atoms with van der Waals surface area (Å²) in [7, 11) is 0. The second-order valence-corrected chi connectivity index (χ2v) is 4.32. The monoisotopic (exact) mass is 216 g/mol. The fourth-order valence-corrected chi connectivity index (χ4v) is 2.10. The van der Waals surface area contributed by atoms with E-state index in [4.69, 9.17) is 11.0 Å². The van der Waals surface area contributed by atoms with E-state index in [9.17, 15) is 0 Å². The predicted molar refractivity (Wildman–Crippen MR) is 63.1 cm³/mol. The third-order valence-corrected chi connectivity index (χ3v) is 2.85. The van der Waals surface area contributed by atoms with Crippen molar-refractivity contribution in [2.75, 3.05) is 18.0 Å². The minimum absolute atomic E-state index is 0.224. The minimum Gasteiger partial charge on any atom is -0.355 e. The molecule has 0 aromatic carbocycles. The van der Waals surface area contributed by atoms with E-state index in [1.807, 2.05) is 13.0 Å². The Bertz CT molecular complexity index is 422. The van der Waals surface area contributed by atoms with Crippen LogP contribution in [0.25, 0.3) is 0 Å². The average Bonchev–Trinajstić information content (AvgIpc) is 2.28. The van der Waals surface area contributed by atoms with Gasteiger partial charge in [-0.15, -0.1) is 0 Å². The quantitative estimate of drug-likeness (QED) is 0.765. The van der Waals surface area contributed by atoms with E-state index in [1.54, 1.807) is 6.07 Å². The number of nitriles is 1. The van der Waals surface area contributed by atoms with E-state index in [0.29, 0.717) is 5.56 Å². The van der Waals surface area contributed by atoms with Crippen molar-refractivity contribution >= 4 is 5.82 Å². The highest BCUT2D eigenvalue weighted by atomic mass is 15.2. The summed E-state index contributed by atoms with van der Waals surface area (Å²) >= 11 is 0. The van der Waals surface area contributed by atoms with Gasteiger partial charge >= 0.3 is 0 Å². The molecule has 2 N–H and O–H groups in total. The molecule has 0 spiro atoms. The first-order chi connectivity index (χ1) is 7.69. The van der Waals surface area contributed by atoms with E-state index < -0.39 is 0 Å². The minimum atomic E-state index is 0.224. The molecule has 0 amide bonds. The van der Waals surface area contributed by atoms with Crippen molar-refractivity contribution in [2.45, 2.75) is 25.8 Å². The molecule has 1 aliphatic heterocycles. The molecule has 0 unspecified atom stereocenters. The standard InChI is InChI=1S/C12H16N4/c1-9-5-10(7-13)6-12(15-9)16-4-2-3-11(14)8-16/h5-6,11H,2-4,8,14H2,1H3/t11-/m1/s1. The highest BCUT2D eigenvalue weighted by Crippen LogP contribution is 2.19. The zero-order valence-corrected chi connectivity index (χ0v) is 9.48. The van der Waals surface area contributed by atoms with Gasteiger partial charge in [0.1, 0.15) is 5.82 Å². The Morgan fingerprint density at radius 2 is 2.38 bits per heavy atom. The molecular weight excluding hydrogens is 200 g/mol. The summed E-state index contributed by atoms with van der Waals surface area (Å²) < 4.78 is 0. The number of rotatable bonds is 1. The number of aryl methyl sites for hydroxylation is 1. The van der Waals surface area contributed by atoms with Crippen molar-refractivity contribution in [3.8, 4) is 6.07 Å². The number of anilines is 1. The summed E-state index contributed by atoms with van der Waals surface area (Å²) in [6.45, 7) is 3.73. The van der Waals surface area contributed by atoms with Gasteiger partial charge in [0.2, 0.25) is 0 Å². The fourth-order valence-electron chi connectivity index (χ4n) is 2.10. The van der Waals surface area contributed by atoms with Crippen molar-refractivity contribution in [1.82, 2.24) is 4.98 Å². The van der Waals surface area contributed by atoms with E-state index in [-0.39, 0.29) is 6.04 Å². The largest absolute Gasteiger partial charge is 0.355 e. The number of pyridine rings is 1. The third-order valence-electron chi connectivity index (χ3n) is 2.85. The first-order valence-electron chi connectivity index (χ1n) is 5.58. The topological polar surface area (TPSA) is 65.9 Å². The first kappa shape index (κ1) is 10.9. The number of aromatic nitrogens is 1. The maximum Gasteiger partial charge on any atom is 0.130 e. The lowest BCUT2D eigenvalue weighted by molar-refractivity contribution is 0.503. The van der Waals surface area contributed by atoms with Crippen LogP contribution in [0.4, 0.5) is 5.82 Å². The molecule has 16 heavy (non-hydrogen) atoms. The van der Waals surface area contributed by atoms with Gasteiger partial charge < -0.3 is 10.6 Å². The van der Waals surface area contributed by atoms with Gasteiger partial charge in [-0.25, -0.2) is 4.98 Å². The molecule has 0 saturated carbocycles. The summed E-state index contributed by atoms with van der Waals surface area (Å²) in [5.74, 6) is 0.881. The molecule has 1 aromatic rings. The molecule has 2 rings (SSSR count). The van der Waals surface area contributed by atoms with Crippen LogP contribution in [0.1, 0.15) is 24.1 Å². The van der Waals surface area contributed by atoms with Gasteiger partial charge in [-0.05, 0) is 31.9 Å². The van der Waals surface area contributed by atoms with Crippen molar-refractivity contribution in [2.24, 2.45) is 5.73 Å². The average molecular weight is 216 g/mol. The zero-order chi connectivity index (χ0) is 11.5. The van der Waals surface area contributed by atoms with Gasteiger partial charge in [-0.2, -0.15) is 5.26 Å². The highest BCUT2D eigenvalue weighted by Gasteiger charge is 2.18. The van der Waals surface area contributed by atoms with Crippen LogP contribution in [0.2, 0.25) is 0 Å². The maximum atomic E-state index is 8.92. The molecule has 1 fully saturated rings. The van der Waals surface area contributed by atoms with Crippen LogP contribution in [0.5, 0.6) is 0 Å². The van der Waals surface area contributed by atoms with Crippen LogP contribution >= 0.6 is 0 Å². The van der Waals surface area contributed by atoms with Crippen LogP contribution in [0, 0.1) is 18.3 Å². The molecule has 0 aliphatic carbocycles. The van der Waals surface area contributed by atoms with Crippen molar-refractivity contribution in [3.05, 3.63) is 23.4 Å². The summed E-state index contributed by atoms with van der Waals surface area (Å²) in [6, 6.07) is 6.02. The van der Waals surface area contributed by atoms with Gasteiger partial charge in [0.25, 0.3) is 0 Å². The molecule has 84 valence electrons. The SMILES string of the molecule is Cc1cc(C#N)cc(N2CCC[C@@H](N)C2)n1. The van der Waals surface area contributed by atoms with Crippen molar-refractivity contribution in [3.63, 3.8) is 0 Å². The van der Waals surface area contributed by atoms with Gasteiger partial charge in [-0.3, -0.25) is 0 Å². The molecule has 0 radical (unpaired) electrons. The van der Waals surface area contributed by atoms with Crippen LogP contribution < -0.4 is 10.6 Å². The Hall–Kier alpha value is -1.60. The zero-order valence-electron chi connectivity index (χ0n) is 9.48. The van der Waals surface area contributed by atoms with Gasteiger partial charge in [-0.1, -0.05) is 0 Å². The molecule has 1 atom stereocenters. The highest BCUT2D eigenvalue weighted by molar-refractivity contribution is 5.47. The number of hydrogen-bond acceptors (Lipinski definition) is 4. The molecule has 4 nitrogen and oxygen atoms in total. The van der Waals surface area contributed by atoms with Crippen molar-refractivity contribution < 1.29 is 0 Å². The van der Waals surface area contributed by atoms with Crippen LogP contribution in [0.15, 0.2) is 12.1 Å². The lowest BCUT2D eigenvalue weighted by atomic mass is 10.1. The van der Waals surface area contributed by atoms with E-state index in [0.717, 1.165) is 37.4 Å². The lowest BCUT2D eigenvalue weighted by Crippen LogP contribution is -2.43. The Morgan fingerprint density at radius 1 is 1.56 bits per heavy atom. The Morgan fingerprint density at radius 3 is 3.06 bits per heavy atom. The summed E-state index contributed by atoms with van der Waals surface area (Å²) in [5, 5.41) is 8.92. The molecule has 1 aromatic heterocycles. The summed E-state index contributed by atoms with van der Waals surface area (Å²) in [5.41, 5.74) is 7.49. The van der Waals surface area contributed by atoms with Gasteiger partial charge in [0.15, 0.2) is 0 Å². The van der Waals surface area contributed by atoms with E-state index in [1.165, 1.54) is 0 Å². The Balaban J connectivity index is 2.26. The van der Waals surface area contributed by atoms with E-state index >= 15 is 0 Å². The number of piperidine rings is 1. The number of nitrogens with zero attached hydrogens (tertiary/aromatic N) is 3. The number of nitrogens with two attached hydrogens (primary N) is 1. The molecule has 1 aliphatic rings. The fraction of sp³-hybridized carbons (Fsp3) is 0.500. The first-order valence-corrected chi connectivity index (χ1v) is 5.58. The lowest BCUT2D eigenvalue weighted by Gasteiger charge is -2.31. The van der Waals surface area contributed by atoms with Crippen LogP contribution in [-0.2, 0) is 0 Å². The summed E-state index contributed by atoms with van der Waals surface area (Å²) in [4.78, 5) is 6.63. The van der Waals surface area contributed by atoms with Crippen LogP contribution in [0.3, 0.4) is 0 Å². The molecule has 1 saturated heterocycles. The number of hydrogen-bond donors (Lipinski definition) is 1. The predicted octanol–water partition coefficient (Wildman–Crippen LogP) is 1.19. The third kappa shape index (κ3) is 2.31. The second kappa shape index (κ2) is 4.50. The van der Waals surface area contributed by atoms with Gasteiger partial charge in [0.05, 0.1) is 11.6 Å². The Kier molecular flexibility index (Phi) is 3.07. The maximum absolute atomic E-state index is 8.92. The van der Waals surface area contributed by atoms with Crippen LogP contribution in [-0.4, -0.2) is 24.1 Å². The summed E-state index contributed by atoms with van der Waals surface area (Å²) in [6.07, 6.45) is 2.17. The normalized spacial score (nSPS) is 20.6. The van der Waals surface area contributed by atoms with E-state index in [2.05, 4.69) is 16.0 Å². The Labute approximate surface area is 95.7 Å². The molecule has 2 heterocycles. The molecule has 0 bridgehead atoms.